The minimum atomic E-state index is 0.580. The highest BCUT2D eigenvalue weighted by Crippen LogP contribution is 2.37. The van der Waals surface area contributed by atoms with Crippen LogP contribution in [0.3, 0.4) is 0 Å². The maximum atomic E-state index is 10.2. The van der Waals surface area contributed by atoms with Gasteiger partial charge in [0.1, 0.15) is 0 Å². The van der Waals surface area contributed by atoms with Crippen molar-refractivity contribution >= 4 is 34.7 Å². The first kappa shape index (κ1) is 29.6. The van der Waals surface area contributed by atoms with Gasteiger partial charge in [0.15, 0.2) is 0 Å². The molecule has 0 N–H and O–H groups in total. The van der Waals surface area contributed by atoms with E-state index in [1.54, 1.807) is 0 Å². The van der Waals surface area contributed by atoms with Crippen LogP contribution in [0.5, 0.6) is 0 Å². The molecule has 5 aromatic carbocycles. The second kappa shape index (κ2) is 13.4. The molecule has 0 atom stereocenters. The maximum absolute atomic E-state index is 10.2. The maximum Gasteiger partial charge on any atom is 0.0998 e. The molecule has 44 heavy (non-hydrogen) atoms. The molecule has 0 bridgehead atoms. The Labute approximate surface area is 260 Å². The first-order valence-corrected chi connectivity index (χ1v) is 14.5. The van der Waals surface area contributed by atoms with Crippen molar-refractivity contribution in [2.75, 3.05) is 38.0 Å². The van der Waals surface area contributed by atoms with Gasteiger partial charge in [-0.05, 0) is 93.1 Å². The van der Waals surface area contributed by atoms with E-state index in [-0.39, 0.29) is 0 Å². The third-order valence-electron chi connectivity index (χ3n) is 7.62. The SMILES string of the molecule is CN(C)c1ccc(-c2cc(/C=C(\C#N)c3ccccc3)c(-c3ccc(N(C)C)cc3)cc2/C=C(\C#N)c2ccccc2)cc1. The quantitative estimate of drug-likeness (QED) is 0.138. The molecule has 0 heterocycles. The zero-order chi connectivity index (χ0) is 31.1. The highest BCUT2D eigenvalue weighted by Gasteiger charge is 2.15. The van der Waals surface area contributed by atoms with E-state index in [0.29, 0.717) is 11.1 Å². The Morgan fingerprint density at radius 3 is 1.14 bits per heavy atom. The van der Waals surface area contributed by atoms with Crippen LogP contribution in [0.4, 0.5) is 11.4 Å². The summed E-state index contributed by atoms with van der Waals surface area (Å²) in [6, 6.07) is 45.5. The van der Waals surface area contributed by atoms with Crippen molar-refractivity contribution in [2.24, 2.45) is 0 Å². The van der Waals surface area contributed by atoms with Gasteiger partial charge >= 0.3 is 0 Å². The molecule has 0 fully saturated rings. The molecule has 0 saturated heterocycles. The van der Waals surface area contributed by atoms with E-state index in [1.165, 1.54) is 0 Å². The number of hydrogen-bond donors (Lipinski definition) is 0. The number of hydrogen-bond acceptors (Lipinski definition) is 4. The third kappa shape index (κ3) is 6.62. The van der Waals surface area contributed by atoms with Gasteiger partial charge in [0.2, 0.25) is 0 Å². The summed E-state index contributed by atoms with van der Waals surface area (Å²) in [5, 5.41) is 20.5. The normalized spacial score (nSPS) is 11.4. The molecule has 214 valence electrons. The van der Waals surface area contributed by atoms with Gasteiger partial charge in [0.05, 0.1) is 23.3 Å². The molecule has 0 aliphatic heterocycles. The fourth-order valence-corrected chi connectivity index (χ4v) is 5.16. The van der Waals surface area contributed by atoms with E-state index in [1.807, 2.05) is 101 Å². The lowest BCUT2D eigenvalue weighted by molar-refractivity contribution is 1.13. The van der Waals surface area contributed by atoms with Crippen molar-refractivity contribution in [1.82, 2.24) is 0 Å². The minimum Gasteiger partial charge on any atom is -0.378 e. The average Bonchev–Trinajstić information content (AvgIpc) is 3.07. The lowest BCUT2D eigenvalue weighted by atomic mass is 9.88. The second-order valence-corrected chi connectivity index (χ2v) is 11.0. The Morgan fingerprint density at radius 1 is 0.500 bits per heavy atom. The first-order chi connectivity index (χ1) is 21.4. The predicted molar refractivity (Wildman–Crippen MR) is 186 cm³/mol. The highest BCUT2D eigenvalue weighted by molar-refractivity contribution is 5.98. The van der Waals surface area contributed by atoms with Crippen molar-refractivity contribution in [3.8, 4) is 34.4 Å². The van der Waals surface area contributed by atoms with E-state index < -0.39 is 0 Å². The second-order valence-electron chi connectivity index (χ2n) is 11.0. The zero-order valence-electron chi connectivity index (χ0n) is 25.5. The Hall–Kier alpha value is -5.84. The number of nitriles is 2. The third-order valence-corrected chi connectivity index (χ3v) is 7.62. The molecular formula is C40H34N4. The molecule has 0 aliphatic rings. The Kier molecular flexibility index (Phi) is 9.05. The van der Waals surface area contributed by atoms with E-state index in [2.05, 4.69) is 82.6 Å². The van der Waals surface area contributed by atoms with E-state index in [0.717, 1.165) is 55.9 Å². The molecule has 0 unspecified atom stereocenters. The summed E-state index contributed by atoms with van der Waals surface area (Å²) in [7, 11) is 8.09. The summed E-state index contributed by atoms with van der Waals surface area (Å²) < 4.78 is 0. The van der Waals surface area contributed by atoms with Gasteiger partial charge in [-0.1, -0.05) is 84.9 Å². The van der Waals surface area contributed by atoms with Crippen LogP contribution < -0.4 is 9.80 Å². The number of anilines is 2. The number of rotatable bonds is 8. The molecule has 0 amide bonds. The fraction of sp³-hybridized carbons (Fsp3) is 0.100. The van der Waals surface area contributed by atoms with Gasteiger partial charge in [-0.3, -0.25) is 0 Å². The average molecular weight is 571 g/mol. The van der Waals surface area contributed by atoms with E-state index in [9.17, 15) is 10.5 Å². The lowest BCUT2D eigenvalue weighted by Crippen LogP contribution is -2.08. The van der Waals surface area contributed by atoms with Crippen LogP contribution in [0.25, 0.3) is 45.6 Å². The van der Waals surface area contributed by atoms with Crippen LogP contribution in [0.1, 0.15) is 22.3 Å². The molecule has 4 nitrogen and oxygen atoms in total. The molecule has 4 heteroatoms. The summed E-state index contributed by atoms with van der Waals surface area (Å²) in [6.45, 7) is 0. The monoisotopic (exact) mass is 570 g/mol. The molecule has 0 aromatic heterocycles. The van der Waals surface area contributed by atoms with Gasteiger partial charge < -0.3 is 9.80 Å². The van der Waals surface area contributed by atoms with Crippen LogP contribution in [-0.2, 0) is 0 Å². The Bertz CT molecular complexity index is 1740. The molecule has 5 aromatic rings. The van der Waals surface area contributed by atoms with Gasteiger partial charge in [-0.15, -0.1) is 0 Å². The minimum absolute atomic E-state index is 0.580. The lowest BCUT2D eigenvalue weighted by Gasteiger charge is -2.18. The molecular weight excluding hydrogens is 536 g/mol. The standard InChI is InChI=1S/C40H34N4/c1-43(2)37-19-15-31(16-20-37)39-25-34(24-36(28-42)30-13-9-6-10-14-30)40(32-17-21-38(22-18-32)44(3)4)26-33(39)23-35(27-41)29-11-7-5-8-12-29/h5-26H,1-4H3/b35-23+,36-24+. The summed E-state index contributed by atoms with van der Waals surface area (Å²) in [5.41, 5.74) is 10.9. The van der Waals surface area contributed by atoms with Crippen molar-refractivity contribution < 1.29 is 0 Å². The number of allylic oxidation sites excluding steroid dienone is 2. The Morgan fingerprint density at radius 2 is 0.841 bits per heavy atom. The summed E-state index contributed by atoms with van der Waals surface area (Å²) in [5.74, 6) is 0. The molecule has 5 rings (SSSR count). The van der Waals surface area contributed by atoms with Crippen molar-refractivity contribution in [2.45, 2.75) is 0 Å². The highest BCUT2D eigenvalue weighted by atomic mass is 15.1. The van der Waals surface area contributed by atoms with Crippen LogP contribution in [-0.4, -0.2) is 28.2 Å². The van der Waals surface area contributed by atoms with Crippen LogP contribution >= 0.6 is 0 Å². The molecule has 0 radical (unpaired) electrons. The number of benzene rings is 5. The van der Waals surface area contributed by atoms with Gasteiger partial charge in [0, 0.05) is 39.6 Å². The smallest absolute Gasteiger partial charge is 0.0998 e. The van der Waals surface area contributed by atoms with Crippen LogP contribution in [0, 0.1) is 22.7 Å². The van der Waals surface area contributed by atoms with Crippen molar-refractivity contribution in [1.29, 1.82) is 10.5 Å². The summed E-state index contributed by atoms with van der Waals surface area (Å²) in [4.78, 5) is 4.14. The fourth-order valence-electron chi connectivity index (χ4n) is 5.16. The molecule has 0 saturated carbocycles. The zero-order valence-corrected chi connectivity index (χ0v) is 25.5. The van der Waals surface area contributed by atoms with Crippen LogP contribution in [0.15, 0.2) is 121 Å². The van der Waals surface area contributed by atoms with Gasteiger partial charge in [-0.2, -0.15) is 10.5 Å². The summed E-state index contributed by atoms with van der Waals surface area (Å²) >= 11 is 0. The largest absolute Gasteiger partial charge is 0.378 e. The van der Waals surface area contributed by atoms with E-state index in [4.69, 9.17) is 0 Å². The molecule has 0 aliphatic carbocycles. The van der Waals surface area contributed by atoms with E-state index >= 15 is 0 Å². The Balaban J connectivity index is 1.81. The number of nitrogens with zero attached hydrogens (tertiary/aromatic N) is 4. The van der Waals surface area contributed by atoms with Gasteiger partial charge in [-0.25, -0.2) is 0 Å². The first-order valence-electron chi connectivity index (χ1n) is 14.5. The predicted octanol–water partition coefficient (Wildman–Crippen LogP) is 9.28. The van der Waals surface area contributed by atoms with Crippen LogP contribution in [0.2, 0.25) is 0 Å². The van der Waals surface area contributed by atoms with Crippen molar-refractivity contribution in [3.63, 3.8) is 0 Å². The van der Waals surface area contributed by atoms with Crippen molar-refractivity contribution in [3.05, 3.63) is 144 Å². The molecule has 0 spiro atoms. The summed E-state index contributed by atoms with van der Waals surface area (Å²) in [6.07, 6.45) is 3.94. The van der Waals surface area contributed by atoms with Gasteiger partial charge in [0.25, 0.3) is 0 Å². The topological polar surface area (TPSA) is 54.1 Å².